The first-order valence-electron chi connectivity index (χ1n) is 36.1. The van der Waals surface area contributed by atoms with Gasteiger partial charge in [0.15, 0.2) is 0 Å². The van der Waals surface area contributed by atoms with Crippen LogP contribution < -0.4 is 5.32 Å². The lowest BCUT2D eigenvalue weighted by atomic mass is 10.0. The number of allylic oxidation sites excluding steroid dienone is 4. The summed E-state index contributed by atoms with van der Waals surface area (Å²) in [5.74, 6) is -0.0111. The molecule has 0 aromatic carbocycles. The second-order valence-electron chi connectivity index (χ2n) is 24.9. The Hall–Kier alpha value is -1.66. The van der Waals surface area contributed by atoms with E-state index in [-0.39, 0.29) is 18.5 Å². The zero-order chi connectivity index (χ0) is 57.1. The molecule has 1 amide bonds. The van der Waals surface area contributed by atoms with Crippen LogP contribution in [0.5, 0.6) is 0 Å². The first-order chi connectivity index (χ1) is 39.0. The van der Waals surface area contributed by atoms with Crippen molar-refractivity contribution in [3.63, 3.8) is 0 Å². The van der Waals surface area contributed by atoms with E-state index < -0.39 is 12.1 Å². The summed E-state index contributed by atoms with van der Waals surface area (Å²) in [4.78, 5) is 24.5. The fourth-order valence-electron chi connectivity index (χ4n) is 11.5. The Labute approximate surface area is 494 Å². The first kappa shape index (κ1) is 77.3. The molecular formula is C73H141NO5. The number of aliphatic hydroxyl groups excluding tert-OH is 2. The van der Waals surface area contributed by atoms with Crippen LogP contribution in [0, 0.1) is 0 Å². The lowest BCUT2D eigenvalue weighted by molar-refractivity contribution is -0.143. The van der Waals surface area contributed by atoms with E-state index >= 15 is 0 Å². The van der Waals surface area contributed by atoms with Crippen LogP contribution in [0.3, 0.4) is 0 Å². The number of amides is 1. The van der Waals surface area contributed by atoms with Gasteiger partial charge in [0.05, 0.1) is 25.4 Å². The van der Waals surface area contributed by atoms with Crippen molar-refractivity contribution in [2.24, 2.45) is 0 Å². The van der Waals surface area contributed by atoms with Crippen molar-refractivity contribution >= 4 is 11.9 Å². The van der Waals surface area contributed by atoms with Crippen LogP contribution in [0.25, 0.3) is 0 Å². The number of aliphatic hydroxyl groups is 2. The number of esters is 1. The van der Waals surface area contributed by atoms with Crippen LogP contribution in [-0.4, -0.2) is 47.4 Å². The molecule has 0 saturated heterocycles. The van der Waals surface area contributed by atoms with Crippen molar-refractivity contribution in [2.75, 3.05) is 13.2 Å². The van der Waals surface area contributed by atoms with E-state index in [1.807, 2.05) is 0 Å². The number of ether oxygens (including phenoxy) is 1. The molecule has 0 saturated carbocycles. The number of unbranched alkanes of at least 4 members (excludes halogenated alkanes) is 53. The van der Waals surface area contributed by atoms with Gasteiger partial charge in [0, 0.05) is 12.8 Å². The monoisotopic (exact) mass is 1110 g/mol. The third-order valence-corrected chi connectivity index (χ3v) is 17.0. The van der Waals surface area contributed by atoms with E-state index in [9.17, 15) is 19.8 Å². The molecule has 3 N–H and O–H groups in total. The highest BCUT2D eigenvalue weighted by Crippen LogP contribution is 2.19. The first-order valence-corrected chi connectivity index (χ1v) is 36.1. The standard InChI is InChI=1S/C73H141NO5/c1-3-5-7-9-11-13-15-17-42-45-49-53-57-61-65-71(76)70(69-75)74-72(77)66-62-58-54-50-46-43-39-37-35-33-31-29-27-25-23-21-19-18-20-22-24-26-28-30-32-34-36-38-40-44-48-52-56-60-64-68-79-73(78)67-63-59-55-51-47-41-16-14-12-10-8-6-4-2/h20,22,26,28,70-71,75-76H,3-19,21,23-25,27,29-69H2,1-2H3,(H,74,77)/b22-20-,28-26-. The SMILES string of the molecule is CCCCCCCCCCCCCCCCC(O)C(CO)NC(=O)CCCCCCCCCCCCCCCCCCC/C=C\C/C=C\CCCCCCCCCCCCCOC(=O)CCCCCCCCCCCCCCC. The largest absolute Gasteiger partial charge is 0.466 e. The Bertz CT molecular complexity index is 1230. The molecule has 0 bridgehead atoms. The van der Waals surface area contributed by atoms with E-state index in [1.165, 1.54) is 327 Å². The number of rotatable bonds is 68. The predicted molar refractivity (Wildman–Crippen MR) is 347 cm³/mol. The fourth-order valence-corrected chi connectivity index (χ4v) is 11.5. The van der Waals surface area contributed by atoms with Crippen molar-refractivity contribution < 1.29 is 24.5 Å². The Balaban J connectivity index is 3.35. The molecule has 0 fully saturated rings. The summed E-state index contributed by atoms with van der Waals surface area (Å²) < 4.78 is 5.49. The van der Waals surface area contributed by atoms with Gasteiger partial charge in [0.25, 0.3) is 0 Å². The summed E-state index contributed by atoms with van der Waals surface area (Å²) in [5, 5.41) is 23.3. The molecule has 2 atom stereocenters. The minimum absolute atomic E-state index is 0.0189. The normalized spacial score (nSPS) is 12.6. The molecule has 468 valence electrons. The van der Waals surface area contributed by atoms with Crippen LogP contribution in [0.4, 0.5) is 0 Å². The summed E-state index contributed by atoms with van der Waals surface area (Å²) >= 11 is 0. The molecule has 0 radical (unpaired) electrons. The summed E-state index contributed by atoms with van der Waals surface area (Å²) in [7, 11) is 0. The van der Waals surface area contributed by atoms with Gasteiger partial charge in [-0.2, -0.15) is 0 Å². The zero-order valence-electron chi connectivity index (χ0n) is 53.6. The second kappa shape index (κ2) is 68.8. The smallest absolute Gasteiger partial charge is 0.305 e. The van der Waals surface area contributed by atoms with Gasteiger partial charge in [-0.1, -0.05) is 359 Å². The Morgan fingerprint density at radius 2 is 0.633 bits per heavy atom. The lowest BCUT2D eigenvalue weighted by Gasteiger charge is -2.22. The molecule has 0 heterocycles. The summed E-state index contributed by atoms with van der Waals surface area (Å²) in [5.41, 5.74) is 0. The van der Waals surface area contributed by atoms with E-state index in [2.05, 4.69) is 43.5 Å². The number of carbonyl (C=O) groups excluding carboxylic acids is 2. The topological polar surface area (TPSA) is 95.9 Å². The van der Waals surface area contributed by atoms with Gasteiger partial charge >= 0.3 is 5.97 Å². The Morgan fingerprint density at radius 1 is 0.354 bits per heavy atom. The highest BCUT2D eigenvalue weighted by molar-refractivity contribution is 5.76. The molecule has 0 spiro atoms. The van der Waals surface area contributed by atoms with Crippen LogP contribution in [0.1, 0.15) is 406 Å². The summed E-state index contributed by atoms with van der Waals surface area (Å²) in [6.45, 7) is 4.99. The molecule has 0 aromatic rings. The molecule has 0 rings (SSSR count). The number of hydrogen-bond donors (Lipinski definition) is 3. The zero-order valence-corrected chi connectivity index (χ0v) is 53.6. The van der Waals surface area contributed by atoms with Crippen molar-refractivity contribution in [3.05, 3.63) is 24.3 Å². The van der Waals surface area contributed by atoms with E-state index in [0.717, 1.165) is 44.9 Å². The van der Waals surface area contributed by atoms with Crippen LogP contribution in [0.15, 0.2) is 24.3 Å². The lowest BCUT2D eigenvalue weighted by Crippen LogP contribution is -2.45. The van der Waals surface area contributed by atoms with Gasteiger partial charge in [-0.15, -0.1) is 0 Å². The molecule has 6 nitrogen and oxygen atoms in total. The predicted octanol–water partition coefficient (Wildman–Crippen LogP) is 23.3. The molecular weight excluding hydrogens is 971 g/mol. The van der Waals surface area contributed by atoms with Crippen LogP contribution in [-0.2, 0) is 14.3 Å². The molecule has 2 unspecified atom stereocenters. The minimum atomic E-state index is -0.662. The van der Waals surface area contributed by atoms with Crippen molar-refractivity contribution in [2.45, 2.75) is 418 Å². The van der Waals surface area contributed by atoms with Gasteiger partial charge < -0.3 is 20.3 Å². The number of nitrogens with one attached hydrogen (secondary N) is 1. The third kappa shape index (κ3) is 65.4. The van der Waals surface area contributed by atoms with E-state index in [1.54, 1.807) is 0 Å². The molecule has 0 aliphatic carbocycles. The summed E-state index contributed by atoms with van der Waals surface area (Å²) in [6.07, 6.45) is 86.7. The highest BCUT2D eigenvalue weighted by Gasteiger charge is 2.20. The second-order valence-corrected chi connectivity index (χ2v) is 24.9. The van der Waals surface area contributed by atoms with Crippen molar-refractivity contribution in [3.8, 4) is 0 Å². The molecule has 0 aliphatic rings. The molecule has 0 aromatic heterocycles. The minimum Gasteiger partial charge on any atom is -0.466 e. The van der Waals surface area contributed by atoms with Crippen LogP contribution in [0.2, 0.25) is 0 Å². The maximum absolute atomic E-state index is 12.5. The quantitative estimate of drug-likeness (QED) is 0.0320. The molecule has 0 aliphatic heterocycles. The van der Waals surface area contributed by atoms with E-state index in [0.29, 0.717) is 25.9 Å². The third-order valence-electron chi connectivity index (χ3n) is 17.0. The fraction of sp³-hybridized carbons (Fsp3) is 0.918. The van der Waals surface area contributed by atoms with Gasteiger partial charge in [-0.05, 0) is 57.8 Å². The molecule has 79 heavy (non-hydrogen) atoms. The average Bonchev–Trinajstić information content (AvgIpc) is 3.45. The van der Waals surface area contributed by atoms with Crippen LogP contribution >= 0.6 is 0 Å². The maximum Gasteiger partial charge on any atom is 0.305 e. The Morgan fingerprint density at radius 3 is 0.962 bits per heavy atom. The summed E-state index contributed by atoms with van der Waals surface area (Å²) in [6, 6.07) is -0.539. The van der Waals surface area contributed by atoms with Gasteiger partial charge in [0.2, 0.25) is 5.91 Å². The van der Waals surface area contributed by atoms with Gasteiger partial charge in [0.1, 0.15) is 0 Å². The van der Waals surface area contributed by atoms with Crippen molar-refractivity contribution in [1.82, 2.24) is 5.32 Å². The number of hydrogen-bond acceptors (Lipinski definition) is 5. The number of carbonyl (C=O) groups is 2. The maximum atomic E-state index is 12.5. The van der Waals surface area contributed by atoms with Gasteiger partial charge in [-0.25, -0.2) is 0 Å². The Kier molecular flexibility index (Phi) is 67.4. The average molecular weight is 1110 g/mol. The van der Waals surface area contributed by atoms with Crippen molar-refractivity contribution in [1.29, 1.82) is 0 Å². The highest BCUT2D eigenvalue weighted by atomic mass is 16.5. The van der Waals surface area contributed by atoms with E-state index in [4.69, 9.17) is 4.74 Å². The van der Waals surface area contributed by atoms with Gasteiger partial charge in [-0.3, -0.25) is 9.59 Å². The molecule has 6 heteroatoms.